The van der Waals surface area contributed by atoms with Crippen LogP contribution in [-0.2, 0) is 4.79 Å². The molecule has 0 radical (unpaired) electrons. The lowest BCUT2D eigenvalue weighted by Gasteiger charge is -2.22. The van der Waals surface area contributed by atoms with Crippen molar-refractivity contribution in [1.29, 1.82) is 0 Å². The van der Waals surface area contributed by atoms with Crippen LogP contribution in [0.1, 0.15) is 21.4 Å². The molecule has 1 N–H and O–H groups in total. The van der Waals surface area contributed by atoms with E-state index in [1.165, 1.54) is 4.88 Å². The highest BCUT2D eigenvalue weighted by atomic mass is 32.1. The average Bonchev–Trinajstić information content (AvgIpc) is 2.91. The molecule has 0 saturated carbocycles. The SMILES string of the molecule is Cc1ccc(/C=C/C(=O)N[C@@H](CN(C)C)c2ccccc2)s1. The number of nitrogens with zero attached hydrogens (tertiary/aromatic N) is 1. The molecule has 3 nitrogen and oxygen atoms in total. The lowest BCUT2D eigenvalue weighted by Crippen LogP contribution is -2.34. The third-order valence-corrected chi connectivity index (χ3v) is 4.19. The molecular weight excluding hydrogens is 292 g/mol. The van der Waals surface area contributed by atoms with Crippen LogP contribution in [0.4, 0.5) is 0 Å². The molecule has 0 saturated heterocycles. The zero-order valence-electron chi connectivity index (χ0n) is 13.2. The lowest BCUT2D eigenvalue weighted by atomic mass is 10.1. The average molecular weight is 314 g/mol. The predicted molar refractivity (Wildman–Crippen MR) is 94.0 cm³/mol. The second kappa shape index (κ2) is 7.92. The van der Waals surface area contributed by atoms with Crippen molar-refractivity contribution in [3.8, 4) is 0 Å². The van der Waals surface area contributed by atoms with Crippen LogP contribution in [0.25, 0.3) is 6.08 Å². The molecule has 0 bridgehead atoms. The highest BCUT2D eigenvalue weighted by Crippen LogP contribution is 2.17. The Morgan fingerprint density at radius 3 is 2.55 bits per heavy atom. The van der Waals surface area contributed by atoms with E-state index >= 15 is 0 Å². The van der Waals surface area contributed by atoms with Crippen molar-refractivity contribution >= 4 is 23.3 Å². The monoisotopic (exact) mass is 314 g/mol. The number of carbonyl (C=O) groups excluding carboxylic acids is 1. The summed E-state index contributed by atoms with van der Waals surface area (Å²) in [5.74, 6) is -0.0678. The quantitative estimate of drug-likeness (QED) is 0.828. The molecule has 2 rings (SSSR count). The number of thiophene rings is 1. The van der Waals surface area contributed by atoms with Gasteiger partial charge in [0.25, 0.3) is 0 Å². The summed E-state index contributed by atoms with van der Waals surface area (Å²) in [5, 5.41) is 3.08. The van der Waals surface area contributed by atoms with E-state index in [1.54, 1.807) is 17.4 Å². The molecule has 0 spiro atoms. The molecule has 2 aromatic rings. The molecular formula is C18H22N2OS. The van der Waals surface area contributed by atoms with E-state index in [0.29, 0.717) is 0 Å². The van der Waals surface area contributed by atoms with E-state index in [-0.39, 0.29) is 11.9 Å². The Labute approximate surface area is 136 Å². The number of likely N-dealkylation sites (N-methyl/N-ethyl adjacent to an activating group) is 1. The van der Waals surface area contributed by atoms with Gasteiger partial charge in [-0.15, -0.1) is 11.3 Å². The maximum absolute atomic E-state index is 12.2. The molecule has 0 aliphatic rings. The molecule has 0 aliphatic carbocycles. The first-order valence-corrected chi connectivity index (χ1v) is 8.11. The zero-order valence-corrected chi connectivity index (χ0v) is 14.1. The topological polar surface area (TPSA) is 32.3 Å². The molecule has 0 unspecified atom stereocenters. The first-order chi connectivity index (χ1) is 10.5. The number of carbonyl (C=O) groups is 1. The molecule has 1 aromatic carbocycles. The number of aryl methyl sites for hydroxylation is 1. The fourth-order valence-corrected chi connectivity index (χ4v) is 2.99. The number of hydrogen-bond acceptors (Lipinski definition) is 3. The van der Waals surface area contributed by atoms with E-state index in [0.717, 1.165) is 17.0 Å². The minimum absolute atomic E-state index is 0.0154. The van der Waals surface area contributed by atoms with Gasteiger partial charge in [0, 0.05) is 22.4 Å². The van der Waals surface area contributed by atoms with Crippen LogP contribution < -0.4 is 5.32 Å². The summed E-state index contributed by atoms with van der Waals surface area (Å²) < 4.78 is 0. The summed E-state index contributed by atoms with van der Waals surface area (Å²) in [6.07, 6.45) is 3.47. The first-order valence-electron chi connectivity index (χ1n) is 7.29. The van der Waals surface area contributed by atoms with Gasteiger partial charge in [0.15, 0.2) is 0 Å². The molecule has 1 aromatic heterocycles. The van der Waals surface area contributed by atoms with Crippen LogP contribution in [0.3, 0.4) is 0 Å². The van der Waals surface area contributed by atoms with Crippen molar-refractivity contribution in [1.82, 2.24) is 10.2 Å². The van der Waals surface area contributed by atoms with Gasteiger partial charge in [0.05, 0.1) is 6.04 Å². The Morgan fingerprint density at radius 2 is 1.95 bits per heavy atom. The van der Waals surface area contributed by atoms with Gasteiger partial charge in [-0.05, 0) is 44.8 Å². The molecule has 22 heavy (non-hydrogen) atoms. The van der Waals surface area contributed by atoms with Gasteiger partial charge in [-0.3, -0.25) is 4.79 Å². The van der Waals surface area contributed by atoms with Crippen LogP contribution in [0.5, 0.6) is 0 Å². The summed E-state index contributed by atoms with van der Waals surface area (Å²) >= 11 is 1.68. The van der Waals surface area contributed by atoms with E-state index in [4.69, 9.17) is 0 Å². The second-order valence-corrected chi connectivity index (χ2v) is 6.84. The van der Waals surface area contributed by atoms with Crippen molar-refractivity contribution in [2.75, 3.05) is 20.6 Å². The summed E-state index contributed by atoms with van der Waals surface area (Å²) in [6.45, 7) is 2.83. The van der Waals surface area contributed by atoms with Crippen molar-refractivity contribution in [3.05, 3.63) is 63.9 Å². The zero-order chi connectivity index (χ0) is 15.9. The van der Waals surface area contributed by atoms with Crippen molar-refractivity contribution in [2.24, 2.45) is 0 Å². The van der Waals surface area contributed by atoms with E-state index < -0.39 is 0 Å². The Balaban J connectivity index is 2.03. The molecule has 1 atom stereocenters. The standard InChI is InChI=1S/C18H22N2OS/c1-14-9-10-16(22-14)11-12-18(21)19-17(13-20(2)3)15-7-5-4-6-8-15/h4-12,17H,13H2,1-3H3,(H,19,21)/b12-11+/t17-/m0/s1. The fourth-order valence-electron chi connectivity index (χ4n) is 2.21. The highest BCUT2D eigenvalue weighted by molar-refractivity contribution is 7.12. The summed E-state index contributed by atoms with van der Waals surface area (Å²) in [5.41, 5.74) is 1.12. The summed E-state index contributed by atoms with van der Waals surface area (Å²) in [4.78, 5) is 16.6. The van der Waals surface area contributed by atoms with E-state index in [9.17, 15) is 4.79 Å². The van der Waals surface area contributed by atoms with Crippen LogP contribution in [0.2, 0.25) is 0 Å². The summed E-state index contributed by atoms with van der Waals surface area (Å²) in [7, 11) is 4.01. The minimum Gasteiger partial charge on any atom is -0.344 e. The van der Waals surface area contributed by atoms with Gasteiger partial charge in [0.2, 0.25) is 5.91 Å². The normalized spacial score (nSPS) is 12.7. The smallest absolute Gasteiger partial charge is 0.244 e. The van der Waals surface area contributed by atoms with Crippen molar-refractivity contribution in [2.45, 2.75) is 13.0 Å². The highest BCUT2D eigenvalue weighted by Gasteiger charge is 2.13. The molecule has 0 aliphatic heterocycles. The van der Waals surface area contributed by atoms with Crippen molar-refractivity contribution in [3.63, 3.8) is 0 Å². The number of hydrogen-bond donors (Lipinski definition) is 1. The lowest BCUT2D eigenvalue weighted by molar-refractivity contribution is -0.117. The van der Waals surface area contributed by atoms with Crippen LogP contribution in [0, 0.1) is 6.92 Å². The van der Waals surface area contributed by atoms with Crippen LogP contribution in [-0.4, -0.2) is 31.4 Å². The number of rotatable bonds is 6. The molecule has 1 amide bonds. The Hall–Kier alpha value is -1.91. The van der Waals surface area contributed by atoms with Gasteiger partial charge < -0.3 is 10.2 Å². The Kier molecular flexibility index (Phi) is 5.92. The Morgan fingerprint density at radius 1 is 1.23 bits per heavy atom. The predicted octanol–water partition coefficient (Wildman–Crippen LogP) is 3.49. The van der Waals surface area contributed by atoms with Gasteiger partial charge in [-0.2, -0.15) is 0 Å². The third-order valence-electron chi connectivity index (χ3n) is 3.23. The molecule has 0 fully saturated rings. The summed E-state index contributed by atoms with van der Waals surface area (Å²) in [6, 6.07) is 14.1. The number of amides is 1. The minimum atomic E-state index is -0.0678. The van der Waals surface area contributed by atoms with Crippen LogP contribution >= 0.6 is 11.3 Å². The third kappa shape index (κ3) is 5.13. The fraction of sp³-hybridized carbons (Fsp3) is 0.278. The van der Waals surface area contributed by atoms with Crippen LogP contribution in [0.15, 0.2) is 48.5 Å². The van der Waals surface area contributed by atoms with Gasteiger partial charge in [-0.25, -0.2) is 0 Å². The molecule has 1 heterocycles. The molecule has 116 valence electrons. The maximum Gasteiger partial charge on any atom is 0.244 e. The van der Waals surface area contributed by atoms with E-state index in [1.807, 2.05) is 56.6 Å². The first kappa shape index (κ1) is 16.5. The van der Waals surface area contributed by atoms with Crippen molar-refractivity contribution < 1.29 is 4.79 Å². The van der Waals surface area contributed by atoms with Gasteiger partial charge in [0.1, 0.15) is 0 Å². The number of benzene rings is 1. The Bertz CT molecular complexity index is 632. The largest absolute Gasteiger partial charge is 0.344 e. The second-order valence-electron chi connectivity index (χ2n) is 5.52. The number of nitrogens with one attached hydrogen (secondary N) is 1. The maximum atomic E-state index is 12.2. The van der Waals surface area contributed by atoms with Gasteiger partial charge in [-0.1, -0.05) is 30.3 Å². The molecule has 4 heteroatoms. The van der Waals surface area contributed by atoms with E-state index in [2.05, 4.69) is 23.2 Å². The van der Waals surface area contributed by atoms with Gasteiger partial charge >= 0.3 is 0 Å².